The summed E-state index contributed by atoms with van der Waals surface area (Å²) in [6, 6.07) is 14.2. The molecule has 2 nitrogen and oxygen atoms in total. The number of anilines is 1. The van der Waals surface area contributed by atoms with Crippen LogP contribution in [0.25, 0.3) is 5.57 Å². The number of likely N-dealkylation sites (N-methyl/N-ethyl adjacent to an activating group) is 1. The molecule has 0 fully saturated rings. The maximum atomic E-state index is 2.70. The van der Waals surface area contributed by atoms with Crippen LogP contribution in [0.2, 0.25) is 0 Å². The van der Waals surface area contributed by atoms with Crippen LogP contribution in [0.4, 0.5) is 5.69 Å². The molecule has 2 aromatic carbocycles. The molecule has 0 amide bonds. The number of benzene rings is 2. The fourth-order valence-electron chi connectivity index (χ4n) is 5.55. The number of nitrogens with zero attached hydrogens (tertiary/aromatic N) is 1. The van der Waals surface area contributed by atoms with Crippen LogP contribution < -0.4 is 13.4 Å². The zero-order valence-electron chi connectivity index (χ0n) is 17.9. The zero-order chi connectivity index (χ0) is 20.2. The van der Waals surface area contributed by atoms with Crippen molar-refractivity contribution >= 4 is 35.8 Å². The molecule has 2 aromatic rings. The number of aryl methyl sites for hydroxylation is 1. The second kappa shape index (κ2) is 7.41. The first kappa shape index (κ1) is 18.9. The number of fused-ring (bicyclic) bond motifs is 3. The summed E-state index contributed by atoms with van der Waals surface area (Å²) in [6.07, 6.45) is 12.6. The van der Waals surface area contributed by atoms with Gasteiger partial charge in [-0.3, -0.25) is 0 Å². The summed E-state index contributed by atoms with van der Waals surface area (Å²) >= 11 is -0.383. The molecule has 0 radical (unpaired) electrons. The topological polar surface area (TPSA) is 7.68 Å². The number of quaternary nitrogens is 1. The van der Waals surface area contributed by atoms with Crippen molar-refractivity contribution in [3.05, 3.63) is 86.1 Å². The fourth-order valence-corrected chi connectivity index (χ4v) is 9.28. The molecule has 1 aliphatic carbocycles. The van der Waals surface area contributed by atoms with Crippen LogP contribution >= 0.6 is 0 Å². The SMILES string of the molecule is C[NH+](C)C1C=CC2=C(c3ccccc3)c3cc4c5c(c3[Te]C2=C1)CCCN5CCC4. The molecule has 3 aliphatic heterocycles. The molecule has 6 rings (SSSR count). The van der Waals surface area contributed by atoms with Gasteiger partial charge in [-0.2, -0.15) is 0 Å². The molecule has 1 unspecified atom stereocenters. The summed E-state index contributed by atoms with van der Waals surface area (Å²) in [7, 11) is 4.54. The van der Waals surface area contributed by atoms with Crippen LogP contribution in [0.1, 0.15) is 35.1 Å². The van der Waals surface area contributed by atoms with E-state index in [9.17, 15) is 0 Å². The van der Waals surface area contributed by atoms with Gasteiger partial charge in [0.25, 0.3) is 0 Å². The van der Waals surface area contributed by atoms with E-state index in [2.05, 4.69) is 73.6 Å². The van der Waals surface area contributed by atoms with Crippen LogP contribution in [-0.4, -0.2) is 54.1 Å². The van der Waals surface area contributed by atoms with Crippen molar-refractivity contribution in [2.24, 2.45) is 0 Å². The number of hydrogen-bond donors (Lipinski definition) is 1. The Morgan fingerprint density at radius 1 is 1.03 bits per heavy atom. The van der Waals surface area contributed by atoms with Gasteiger partial charge in [0, 0.05) is 0 Å². The Labute approximate surface area is 190 Å². The Kier molecular flexibility index (Phi) is 4.68. The molecule has 4 aliphatic rings. The van der Waals surface area contributed by atoms with E-state index in [0.29, 0.717) is 6.04 Å². The average molecular weight is 509 g/mol. The minimum absolute atomic E-state index is 0.383. The second-order valence-electron chi connectivity index (χ2n) is 9.18. The molecular formula is C27H29N2Te+. The van der Waals surface area contributed by atoms with Crippen molar-refractivity contribution in [1.29, 1.82) is 0 Å². The quantitative estimate of drug-likeness (QED) is 0.612. The number of allylic oxidation sites excluding steroid dienone is 3. The number of hydrogen-bond acceptors (Lipinski definition) is 1. The Hall–Kier alpha value is -1.79. The van der Waals surface area contributed by atoms with Crippen LogP contribution in [0.15, 0.2) is 63.8 Å². The molecule has 30 heavy (non-hydrogen) atoms. The molecule has 0 saturated heterocycles. The molecule has 0 saturated carbocycles. The van der Waals surface area contributed by atoms with E-state index in [0.717, 1.165) is 0 Å². The first-order chi connectivity index (χ1) is 14.7. The number of nitrogens with one attached hydrogen (secondary N) is 1. The molecule has 0 aromatic heterocycles. The van der Waals surface area contributed by atoms with E-state index in [1.807, 2.05) is 0 Å². The van der Waals surface area contributed by atoms with Gasteiger partial charge in [-0.15, -0.1) is 0 Å². The molecule has 152 valence electrons. The summed E-state index contributed by atoms with van der Waals surface area (Å²) < 4.78 is 3.40. The van der Waals surface area contributed by atoms with Crippen molar-refractivity contribution < 1.29 is 4.90 Å². The summed E-state index contributed by atoms with van der Waals surface area (Å²) in [5, 5.41) is 0. The monoisotopic (exact) mass is 511 g/mol. The van der Waals surface area contributed by atoms with Gasteiger partial charge in [0.1, 0.15) is 0 Å². The molecular weight excluding hydrogens is 480 g/mol. The van der Waals surface area contributed by atoms with Crippen LogP contribution in [0.3, 0.4) is 0 Å². The van der Waals surface area contributed by atoms with Crippen molar-refractivity contribution in [3.63, 3.8) is 0 Å². The molecule has 1 atom stereocenters. The van der Waals surface area contributed by atoms with Gasteiger partial charge in [0.05, 0.1) is 0 Å². The molecule has 3 heterocycles. The first-order valence-electron chi connectivity index (χ1n) is 11.3. The van der Waals surface area contributed by atoms with E-state index >= 15 is 0 Å². The Morgan fingerprint density at radius 3 is 2.63 bits per heavy atom. The molecule has 0 bridgehead atoms. The van der Waals surface area contributed by atoms with Crippen molar-refractivity contribution in [3.8, 4) is 0 Å². The molecule has 3 heteroatoms. The van der Waals surface area contributed by atoms with E-state index in [4.69, 9.17) is 0 Å². The Balaban J connectivity index is 1.63. The third-order valence-electron chi connectivity index (χ3n) is 7.02. The summed E-state index contributed by atoms with van der Waals surface area (Å²) in [6.45, 7) is 2.51. The third kappa shape index (κ3) is 2.94. The summed E-state index contributed by atoms with van der Waals surface area (Å²) in [5.74, 6) is 0. The average Bonchev–Trinajstić information content (AvgIpc) is 2.78. The van der Waals surface area contributed by atoms with Gasteiger partial charge < -0.3 is 0 Å². The fraction of sp³-hybridized carbons (Fsp3) is 0.333. The van der Waals surface area contributed by atoms with Crippen molar-refractivity contribution in [2.75, 3.05) is 32.1 Å². The van der Waals surface area contributed by atoms with Gasteiger partial charge in [0.2, 0.25) is 0 Å². The molecule has 1 N–H and O–H groups in total. The van der Waals surface area contributed by atoms with E-state index < -0.39 is 0 Å². The molecule has 0 spiro atoms. The van der Waals surface area contributed by atoms with E-state index in [-0.39, 0.29) is 20.9 Å². The maximum absolute atomic E-state index is 2.70. The van der Waals surface area contributed by atoms with E-state index in [1.54, 1.807) is 29.6 Å². The minimum atomic E-state index is -0.383. The Morgan fingerprint density at radius 2 is 1.83 bits per heavy atom. The van der Waals surface area contributed by atoms with E-state index in [1.165, 1.54) is 60.4 Å². The normalized spacial score (nSPS) is 21.9. The predicted molar refractivity (Wildman–Crippen MR) is 127 cm³/mol. The van der Waals surface area contributed by atoms with Crippen LogP contribution in [0, 0.1) is 0 Å². The van der Waals surface area contributed by atoms with Crippen LogP contribution in [-0.2, 0) is 12.8 Å². The standard InChI is InChI=1S/C27H28N2Te/c1-28(2)20-12-13-21-24(17-20)30-27-22-11-7-15-29-14-6-10-19(26(22)29)16-23(27)25(21)18-8-4-3-5-9-18/h3-5,8-9,12-13,16-17,20H,6-7,10-11,14-15H2,1-2H3/p+1. The number of rotatable bonds is 2. The zero-order valence-corrected chi connectivity index (χ0v) is 20.2. The van der Waals surface area contributed by atoms with Gasteiger partial charge in [0.15, 0.2) is 0 Å². The first-order valence-corrected chi connectivity index (χ1v) is 13.7. The third-order valence-corrected chi connectivity index (χ3v) is 10.6. The second-order valence-corrected chi connectivity index (χ2v) is 12.2. The summed E-state index contributed by atoms with van der Waals surface area (Å²) in [5.41, 5.74) is 10.9. The van der Waals surface area contributed by atoms with Gasteiger partial charge >= 0.3 is 191 Å². The predicted octanol–water partition coefficient (Wildman–Crippen LogP) is 2.50. The van der Waals surface area contributed by atoms with Crippen molar-refractivity contribution in [2.45, 2.75) is 31.7 Å². The van der Waals surface area contributed by atoms with Gasteiger partial charge in [-0.1, -0.05) is 0 Å². The van der Waals surface area contributed by atoms with Gasteiger partial charge in [-0.25, -0.2) is 0 Å². The van der Waals surface area contributed by atoms with Crippen LogP contribution in [0.5, 0.6) is 0 Å². The van der Waals surface area contributed by atoms with Crippen molar-refractivity contribution in [1.82, 2.24) is 0 Å². The summed E-state index contributed by atoms with van der Waals surface area (Å²) in [4.78, 5) is 4.20. The van der Waals surface area contributed by atoms with Gasteiger partial charge in [-0.05, 0) is 0 Å². The Bertz CT molecular complexity index is 1110.